The molecule has 2 fully saturated rings. The van der Waals surface area contributed by atoms with Gasteiger partial charge in [0, 0.05) is 24.6 Å². The van der Waals surface area contributed by atoms with E-state index in [1.807, 2.05) is 17.9 Å². The van der Waals surface area contributed by atoms with E-state index in [4.69, 9.17) is 13.9 Å². The Balaban J connectivity index is 1.58. The summed E-state index contributed by atoms with van der Waals surface area (Å²) in [6, 6.07) is 1.82. The van der Waals surface area contributed by atoms with E-state index in [9.17, 15) is 4.79 Å². The fourth-order valence-electron chi connectivity index (χ4n) is 2.76. The van der Waals surface area contributed by atoms with Crippen LogP contribution in [0.1, 0.15) is 29.0 Å². The van der Waals surface area contributed by atoms with Crippen molar-refractivity contribution in [2.75, 3.05) is 26.3 Å². The summed E-state index contributed by atoms with van der Waals surface area (Å²) in [6.07, 6.45) is 3.35. The van der Waals surface area contributed by atoms with Crippen LogP contribution in [0.2, 0.25) is 0 Å². The van der Waals surface area contributed by atoms with Crippen LogP contribution in [0.3, 0.4) is 0 Å². The predicted molar refractivity (Wildman–Crippen MR) is 67.8 cm³/mol. The summed E-state index contributed by atoms with van der Waals surface area (Å²) in [6.45, 7) is 4.76. The average Bonchev–Trinajstić information content (AvgIpc) is 3.09. The minimum absolute atomic E-state index is 0.00536. The zero-order valence-corrected chi connectivity index (χ0v) is 11.1. The van der Waals surface area contributed by atoms with Crippen molar-refractivity contribution in [3.05, 3.63) is 23.7 Å². The highest BCUT2D eigenvalue weighted by molar-refractivity contribution is 5.92. The SMILES string of the molecule is Cc1ccoc1C(=O)N1CCC(C2OCCO2)CC1. The molecule has 0 aliphatic carbocycles. The van der Waals surface area contributed by atoms with Gasteiger partial charge >= 0.3 is 0 Å². The molecule has 2 aliphatic rings. The number of likely N-dealkylation sites (tertiary alicyclic amines) is 1. The lowest BCUT2D eigenvalue weighted by molar-refractivity contribution is -0.0956. The molecule has 0 saturated carbocycles. The molecule has 1 aromatic heterocycles. The topological polar surface area (TPSA) is 51.9 Å². The van der Waals surface area contributed by atoms with Crippen LogP contribution in [-0.2, 0) is 9.47 Å². The van der Waals surface area contributed by atoms with Crippen LogP contribution in [0.15, 0.2) is 16.7 Å². The Morgan fingerprint density at radius 2 is 1.95 bits per heavy atom. The molecule has 2 aliphatic heterocycles. The normalized spacial score (nSPS) is 22.1. The predicted octanol–water partition coefficient (Wildman–Crippen LogP) is 1.81. The van der Waals surface area contributed by atoms with Gasteiger partial charge in [0.25, 0.3) is 5.91 Å². The fraction of sp³-hybridized carbons (Fsp3) is 0.643. The molecule has 0 unspecified atom stereocenters. The Kier molecular flexibility index (Phi) is 3.57. The van der Waals surface area contributed by atoms with E-state index in [-0.39, 0.29) is 12.2 Å². The van der Waals surface area contributed by atoms with E-state index < -0.39 is 0 Å². The van der Waals surface area contributed by atoms with Crippen molar-refractivity contribution in [3.63, 3.8) is 0 Å². The third kappa shape index (κ3) is 2.53. The van der Waals surface area contributed by atoms with Crippen molar-refractivity contribution in [1.82, 2.24) is 4.90 Å². The Labute approximate surface area is 112 Å². The van der Waals surface area contributed by atoms with E-state index in [1.54, 1.807) is 6.26 Å². The van der Waals surface area contributed by atoms with Crippen LogP contribution in [0.25, 0.3) is 0 Å². The minimum Gasteiger partial charge on any atom is -0.459 e. The molecule has 3 heterocycles. The van der Waals surface area contributed by atoms with Gasteiger partial charge in [-0.3, -0.25) is 4.79 Å². The van der Waals surface area contributed by atoms with Crippen LogP contribution in [-0.4, -0.2) is 43.4 Å². The Hall–Kier alpha value is -1.33. The highest BCUT2D eigenvalue weighted by Crippen LogP contribution is 2.26. The maximum Gasteiger partial charge on any atom is 0.289 e. The maximum absolute atomic E-state index is 12.3. The number of amides is 1. The van der Waals surface area contributed by atoms with Gasteiger partial charge in [-0.1, -0.05) is 0 Å². The number of hydrogen-bond acceptors (Lipinski definition) is 4. The number of aryl methyl sites for hydroxylation is 1. The number of hydrogen-bond donors (Lipinski definition) is 0. The summed E-state index contributed by atoms with van der Waals surface area (Å²) in [5.74, 6) is 0.866. The number of nitrogens with zero attached hydrogens (tertiary/aromatic N) is 1. The molecular weight excluding hydrogens is 246 g/mol. The maximum atomic E-state index is 12.3. The van der Waals surface area contributed by atoms with E-state index in [0.717, 1.165) is 31.5 Å². The standard InChI is InChI=1S/C14H19NO4/c1-10-4-7-17-12(10)13(16)15-5-2-11(3-6-15)14-18-8-9-19-14/h4,7,11,14H,2-3,5-6,8-9H2,1H3. The second-order valence-electron chi connectivity index (χ2n) is 5.17. The van der Waals surface area contributed by atoms with Gasteiger partial charge in [0.05, 0.1) is 19.5 Å². The molecule has 5 heteroatoms. The van der Waals surface area contributed by atoms with E-state index >= 15 is 0 Å². The number of furan rings is 1. The largest absolute Gasteiger partial charge is 0.459 e. The third-order valence-corrected chi connectivity index (χ3v) is 3.92. The molecule has 1 amide bonds. The van der Waals surface area contributed by atoms with Crippen LogP contribution >= 0.6 is 0 Å². The molecule has 3 rings (SSSR count). The van der Waals surface area contributed by atoms with Gasteiger partial charge in [-0.15, -0.1) is 0 Å². The molecule has 104 valence electrons. The quantitative estimate of drug-likeness (QED) is 0.818. The van der Waals surface area contributed by atoms with Gasteiger partial charge in [0.1, 0.15) is 0 Å². The van der Waals surface area contributed by atoms with Gasteiger partial charge in [-0.05, 0) is 25.8 Å². The minimum atomic E-state index is -0.0670. The number of piperidine rings is 1. The van der Waals surface area contributed by atoms with Gasteiger partial charge in [-0.2, -0.15) is 0 Å². The highest BCUT2D eigenvalue weighted by Gasteiger charge is 2.32. The summed E-state index contributed by atoms with van der Waals surface area (Å²) in [7, 11) is 0. The molecule has 19 heavy (non-hydrogen) atoms. The molecule has 0 atom stereocenters. The second kappa shape index (κ2) is 5.35. The Bertz CT molecular complexity index is 442. The Morgan fingerprint density at radius 3 is 2.53 bits per heavy atom. The van der Waals surface area contributed by atoms with E-state index in [0.29, 0.717) is 24.9 Å². The van der Waals surface area contributed by atoms with Crippen molar-refractivity contribution >= 4 is 5.91 Å². The van der Waals surface area contributed by atoms with Crippen molar-refractivity contribution < 1.29 is 18.7 Å². The van der Waals surface area contributed by atoms with Crippen molar-refractivity contribution in [1.29, 1.82) is 0 Å². The van der Waals surface area contributed by atoms with Crippen LogP contribution in [0, 0.1) is 12.8 Å². The highest BCUT2D eigenvalue weighted by atomic mass is 16.7. The summed E-state index contributed by atoms with van der Waals surface area (Å²) in [4.78, 5) is 14.1. The zero-order valence-electron chi connectivity index (χ0n) is 11.1. The zero-order chi connectivity index (χ0) is 13.2. The number of carbonyl (C=O) groups excluding carboxylic acids is 1. The first-order valence-electron chi connectivity index (χ1n) is 6.82. The summed E-state index contributed by atoms with van der Waals surface area (Å²) in [5.41, 5.74) is 0.898. The first-order chi connectivity index (χ1) is 9.25. The molecule has 0 radical (unpaired) electrons. The van der Waals surface area contributed by atoms with E-state index in [2.05, 4.69) is 0 Å². The average molecular weight is 265 g/mol. The summed E-state index contributed by atoms with van der Waals surface area (Å²) < 4.78 is 16.3. The molecule has 0 N–H and O–H groups in total. The van der Waals surface area contributed by atoms with Crippen LogP contribution in [0.4, 0.5) is 0 Å². The van der Waals surface area contributed by atoms with Crippen molar-refractivity contribution in [2.24, 2.45) is 5.92 Å². The molecule has 0 aromatic carbocycles. The molecule has 0 bridgehead atoms. The van der Waals surface area contributed by atoms with Gasteiger partial charge < -0.3 is 18.8 Å². The Morgan fingerprint density at radius 1 is 1.26 bits per heavy atom. The molecule has 2 saturated heterocycles. The van der Waals surface area contributed by atoms with Crippen molar-refractivity contribution in [2.45, 2.75) is 26.1 Å². The molecule has 0 spiro atoms. The number of rotatable bonds is 2. The van der Waals surface area contributed by atoms with Gasteiger partial charge in [0.15, 0.2) is 12.1 Å². The number of carbonyl (C=O) groups is 1. The molecular formula is C14H19NO4. The molecule has 1 aromatic rings. The van der Waals surface area contributed by atoms with Crippen molar-refractivity contribution in [3.8, 4) is 0 Å². The summed E-state index contributed by atoms with van der Waals surface area (Å²) in [5, 5.41) is 0. The van der Waals surface area contributed by atoms with Gasteiger partial charge in [-0.25, -0.2) is 0 Å². The lowest BCUT2D eigenvalue weighted by Crippen LogP contribution is -2.41. The fourth-order valence-corrected chi connectivity index (χ4v) is 2.76. The van der Waals surface area contributed by atoms with Crippen LogP contribution in [0.5, 0.6) is 0 Å². The van der Waals surface area contributed by atoms with Crippen LogP contribution < -0.4 is 0 Å². The second-order valence-corrected chi connectivity index (χ2v) is 5.17. The first-order valence-corrected chi connectivity index (χ1v) is 6.82. The monoisotopic (exact) mass is 265 g/mol. The van der Waals surface area contributed by atoms with E-state index in [1.165, 1.54) is 0 Å². The molecule has 5 nitrogen and oxygen atoms in total. The summed E-state index contributed by atoms with van der Waals surface area (Å²) >= 11 is 0. The lowest BCUT2D eigenvalue weighted by atomic mass is 9.96. The number of ether oxygens (including phenoxy) is 2. The lowest BCUT2D eigenvalue weighted by Gasteiger charge is -2.33. The first kappa shape index (κ1) is 12.7. The van der Waals surface area contributed by atoms with Gasteiger partial charge in [0.2, 0.25) is 0 Å². The third-order valence-electron chi connectivity index (χ3n) is 3.92. The smallest absolute Gasteiger partial charge is 0.289 e.